The van der Waals surface area contributed by atoms with Crippen LogP contribution >= 0.6 is 0 Å². The van der Waals surface area contributed by atoms with Crippen molar-refractivity contribution in [3.05, 3.63) is 30.0 Å². The van der Waals surface area contributed by atoms with E-state index in [0.717, 1.165) is 31.8 Å². The van der Waals surface area contributed by atoms with Crippen molar-refractivity contribution >= 4 is 16.8 Å². The van der Waals surface area contributed by atoms with Crippen LogP contribution in [-0.2, 0) is 22.5 Å². The second-order valence-electron chi connectivity index (χ2n) is 7.58. The second kappa shape index (κ2) is 9.91. The van der Waals surface area contributed by atoms with Crippen molar-refractivity contribution in [1.82, 2.24) is 14.8 Å². The first kappa shape index (κ1) is 20.6. The Morgan fingerprint density at radius 1 is 1.29 bits per heavy atom. The monoisotopic (exact) mass is 389 g/mol. The number of quaternary nitrogens is 1. The van der Waals surface area contributed by atoms with Gasteiger partial charge in [-0.25, -0.2) is 0 Å². The number of fused-ring (bicyclic) bond motifs is 1. The van der Waals surface area contributed by atoms with Gasteiger partial charge in [0.15, 0.2) is 0 Å². The predicted molar refractivity (Wildman–Crippen MR) is 110 cm³/mol. The minimum Gasteiger partial charge on any atom is -0.497 e. The lowest BCUT2D eigenvalue weighted by Crippen LogP contribution is -3.12. The molecule has 1 aliphatic rings. The normalized spacial score (nSPS) is 15.8. The lowest BCUT2D eigenvalue weighted by atomic mass is 10.1. The number of aromatic nitrogens is 1. The summed E-state index contributed by atoms with van der Waals surface area (Å²) < 4.78 is 13.6. The zero-order valence-corrected chi connectivity index (χ0v) is 17.3. The lowest BCUT2D eigenvalue weighted by molar-refractivity contribution is -0.884. The number of nitrogens with zero attached hydrogens (tertiary/aromatic N) is 2. The van der Waals surface area contributed by atoms with Crippen LogP contribution in [0.3, 0.4) is 0 Å². The molecule has 0 atom stereocenters. The smallest absolute Gasteiger partial charge is 0.216 e. The summed E-state index contributed by atoms with van der Waals surface area (Å²) in [5, 5.41) is 4.05. The molecular formula is C21H33N4O3+. The first-order valence-electron chi connectivity index (χ1n) is 10.1. The standard InChI is InChI=1S/C21H32N4O3/c1-17(26)22-7-6-18-15-25(21-5-4-19(27-3)14-20(18)21)12-13-28-16-24-10-8-23(2)9-11-24/h4-5,14-15H,6-13,16H2,1-3H3,(H,22,26)/p+1. The third-order valence-electron chi connectivity index (χ3n) is 5.40. The third-order valence-corrected chi connectivity index (χ3v) is 5.40. The molecule has 1 amide bonds. The van der Waals surface area contributed by atoms with Gasteiger partial charge in [-0.05, 0) is 30.2 Å². The highest BCUT2D eigenvalue weighted by atomic mass is 16.5. The van der Waals surface area contributed by atoms with Crippen LogP contribution in [0.2, 0.25) is 0 Å². The average molecular weight is 390 g/mol. The van der Waals surface area contributed by atoms with Crippen LogP contribution in [0, 0.1) is 0 Å². The van der Waals surface area contributed by atoms with Gasteiger partial charge in [-0.2, -0.15) is 0 Å². The number of hydrogen-bond acceptors (Lipinski definition) is 4. The van der Waals surface area contributed by atoms with Gasteiger partial charge in [-0.1, -0.05) is 0 Å². The summed E-state index contributed by atoms with van der Waals surface area (Å²) in [5.74, 6) is 0.847. The third kappa shape index (κ3) is 5.47. The number of amides is 1. The van der Waals surface area contributed by atoms with Gasteiger partial charge in [0, 0.05) is 50.2 Å². The number of methoxy groups -OCH3 is 1. The summed E-state index contributed by atoms with van der Waals surface area (Å²) in [6.07, 6.45) is 2.97. The summed E-state index contributed by atoms with van der Waals surface area (Å²) in [6.45, 7) is 8.95. The fourth-order valence-electron chi connectivity index (χ4n) is 3.65. The molecule has 154 valence electrons. The molecule has 28 heavy (non-hydrogen) atoms. The summed E-state index contributed by atoms with van der Waals surface area (Å²) in [4.78, 5) is 15.1. The molecule has 2 heterocycles. The molecule has 1 saturated heterocycles. The Bertz CT molecular complexity index is 781. The SMILES string of the molecule is COc1ccc2c(c1)c(CCNC(C)=O)cn2CCOCN1CC[NH+](C)CC1. The van der Waals surface area contributed by atoms with Crippen LogP contribution in [0.15, 0.2) is 24.4 Å². The Hall–Kier alpha value is -2.09. The fraction of sp³-hybridized carbons (Fsp3) is 0.571. The van der Waals surface area contributed by atoms with E-state index in [4.69, 9.17) is 9.47 Å². The van der Waals surface area contributed by atoms with Crippen molar-refractivity contribution in [3.8, 4) is 5.75 Å². The van der Waals surface area contributed by atoms with Crippen LogP contribution in [0.5, 0.6) is 5.75 Å². The number of rotatable bonds is 9. The maximum atomic E-state index is 11.2. The number of carbonyl (C=O) groups excluding carboxylic acids is 1. The Morgan fingerprint density at radius 2 is 2.07 bits per heavy atom. The zero-order chi connectivity index (χ0) is 19.9. The first-order chi connectivity index (χ1) is 13.6. The average Bonchev–Trinajstić information content (AvgIpc) is 3.03. The summed E-state index contributed by atoms with van der Waals surface area (Å²) in [5.41, 5.74) is 2.38. The highest BCUT2D eigenvalue weighted by molar-refractivity contribution is 5.85. The fourth-order valence-corrected chi connectivity index (χ4v) is 3.65. The van der Waals surface area contributed by atoms with Crippen LogP contribution in [-0.4, -0.2) is 75.6 Å². The molecule has 3 rings (SSSR count). The van der Waals surface area contributed by atoms with E-state index in [1.54, 1.807) is 18.9 Å². The number of benzene rings is 1. The van der Waals surface area contributed by atoms with Crippen molar-refractivity contribution in [2.45, 2.75) is 19.9 Å². The second-order valence-corrected chi connectivity index (χ2v) is 7.58. The van der Waals surface area contributed by atoms with E-state index in [9.17, 15) is 4.79 Å². The minimum atomic E-state index is 0.000209. The quantitative estimate of drug-likeness (QED) is 0.599. The highest BCUT2D eigenvalue weighted by Gasteiger charge is 2.16. The largest absolute Gasteiger partial charge is 0.497 e. The zero-order valence-electron chi connectivity index (χ0n) is 17.3. The van der Waals surface area contributed by atoms with Crippen molar-refractivity contribution in [2.75, 3.05) is 60.2 Å². The Morgan fingerprint density at radius 3 is 2.79 bits per heavy atom. The van der Waals surface area contributed by atoms with Gasteiger partial charge in [0.2, 0.25) is 5.91 Å². The Kier molecular flexibility index (Phi) is 7.30. The number of carbonyl (C=O) groups is 1. The molecule has 1 fully saturated rings. The maximum Gasteiger partial charge on any atom is 0.216 e. The van der Waals surface area contributed by atoms with Crippen molar-refractivity contribution < 1.29 is 19.2 Å². The summed E-state index contributed by atoms with van der Waals surface area (Å²) >= 11 is 0. The van der Waals surface area contributed by atoms with Crippen LogP contribution in [0.25, 0.3) is 10.9 Å². The molecule has 0 radical (unpaired) electrons. The molecule has 2 aromatic rings. The Labute approximate surface area is 167 Å². The molecule has 0 saturated carbocycles. The lowest BCUT2D eigenvalue weighted by Gasteiger charge is -2.29. The molecule has 0 bridgehead atoms. The highest BCUT2D eigenvalue weighted by Crippen LogP contribution is 2.26. The van der Waals surface area contributed by atoms with E-state index in [0.29, 0.717) is 19.9 Å². The van der Waals surface area contributed by atoms with Gasteiger partial charge in [0.1, 0.15) is 5.75 Å². The van der Waals surface area contributed by atoms with Gasteiger partial charge in [0.05, 0.1) is 40.6 Å². The first-order valence-corrected chi connectivity index (χ1v) is 10.1. The van der Waals surface area contributed by atoms with E-state index < -0.39 is 0 Å². The molecule has 7 nitrogen and oxygen atoms in total. The van der Waals surface area contributed by atoms with Crippen LogP contribution in [0.4, 0.5) is 0 Å². The number of ether oxygens (including phenoxy) is 2. The van der Waals surface area contributed by atoms with Gasteiger partial charge < -0.3 is 24.3 Å². The summed E-state index contributed by atoms with van der Waals surface area (Å²) in [6, 6.07) is 6.16. The minimum absolute atomic E-state index is 0.000209. The summed E-state index contributed by atoms with van der Waals surface area (Å²) in [7, 11) is 3.93. The molecule has 1 aliphatic heterocycles. The van der Waals surface area contributed by atoms with Crippen molar-refractivity contribution in [3.63, 3.8) is 0 Å². The van der Waals surface area contributed by atoms with E-state index in [1.807, 2.05) is 6.07 Å². The van der Waals surface area contributed by atoms with E-state index in [-0.39, 0.29) is 5.91 Å². The van der Waals surface area contributed by atoms with E-state index >= 15 is 0 Å². The number of nitrogens with one attached hydrogen (secondary N) is 2. The number of piperazine rings is 1. The predicted octanol–water partition coefficient (Wildman–Crippen LogP) is 0.133. The molecule has 1 aromatic carbocycles. The van der Waals surface area contributed by atoms with Crippen molar-refractivity contribution in [1.29, 1.82) is 0 Å². The molecule has 0 unspecified atom stereocenters. The molecular weight excluding hydrogens is 356 g/mol. The number of likely N-dealkylation sites (N-methyl/N-ethyl adjacent to an activating group) is 1. The molecule has 2 N–H and O–H groups in total. The molecule has 1 aromatic heterocycles. The topological polar surface area (TPSA) is 60.2 Å². The maximum absolute atomic E-state index is 11.2. The van der Waals surface area contributed by atoms with Gasteiger partial charge in [-0.15, -0.1) is 0 Å². The Balaban J connectivity index is 1.60. The van der Waals surface area contributed by atoms with Gasteiger partial charge in [0.25, 0.3) is 0 Å². The van der Waals surface area contributed by atoms with E-state index in [1.165, 1.54) is 29.6 Å². The van der Waals surface area contributed by atoms with Crippen molar-refractivity contribution in [2.24, 2.45) is 0 Å². The molecule has 7 heteroatoms. The van der Waals surface area contributed by atoms with Crippen LogP contribution < -0.4 is 15.0 Å². The van der Waals surface area contributed by atoms with E-state index in [2.05, 4.69) is 40.2 Å². The number of hydrogen-bond donors (Lipinski definition) is 2. The van der Waals surface area contributed by atoms with Gasteiger partial charge >= 0.3 is 0 Å². The van der Waals surface area contributed by atoms with Gasteiger partial charge in [-0.3, -0.25) is 9.69 Å². The van der Waals surface area contributed by atoms with Crippen LogP contribution in [0.1, 0.15) is 12.5 Å². The molecule has 0 spiro atoms. The molecule has 0 aliphatic carbocycles.